The monoisotopic (exact) mass is 195 g/mol. The van der Waals surface area contributed by atoms with Crippen LogP contribution in [0, 0.1) is 5.92 Å². The highest BCUT2D eigenvalue weighted by Gasteiger charge is 2.27. The van der Waals surface area contributed by atoms with E-state index in [1.165, 1.54) is 37.0 Å². The first-order valence-corrected chi connectivity index (χ1v) is 6.02. The molecule has 2 heteroatoms. The van der Waals surface area contributed by atoms with Gasteiger partial charge in [0.15, 0.2) is 0 Å². The minimum atomic E-state index is 0.486. The molecular weight excluding hydrogens is 178 g/mol. The van der Waals surface area contributed by atoms with Crippen molar-refractivity contribution in [3.05, 3.63) is 22.4 Å². The van der Waals surface area contributed by atoms with Gasteiger partial charge in [-0.1, -0.05) is 6.07 Å². The van der Waals surface area contributed by atoms with E-state index in [1.54, 1.807) is 0 Å². The summed E-state index contributed by atoms with van der Waals surface area (Å²) in [4.78, 5) is 1.50. The second-order valence-electron chi connectivity index (χ2n) is 3.97. The lowest BCUT2D eigenvalue weighted by Gasteiger charge is -2.08. The van der Waals surface area contributed by atoms with Crippen molar-refractivity contribution in [1.29, 1.82) is 0 Å². The molecule has 0 radical (unpaired) electrons. The lowest BCUT2D eigenvalue weighted by atomic mass is 10.1. The number of nitrogens with two attached hydrogens (primary N) is 1. The third-order valence-corrected chi connectivity index (χ3v) is 3.70. The fraction of sp³-hybridized carbons (Fsp3) is 0.636. The van der Waals surface area contributed by atoms with Crippen LogP contribution < -0.4 is 5.73 Å². The van der Waals surface area contributed by atoms with Gasteiger partial charge in [-0.15, -0.1) is 11.3 Å². The fourth-order valence-electron chi connectivity index (χ4n) is 1.73. The molecule has 0 saturated heterocycles. The molecule has 0 aliphatic heterocycles. The van der Waals surface area contributed by atoms with Gasteiger partial charge in [-0.2, -0.15) is 0 Å². The van der Waals surface area contributed by atoms with E-state index in [2.05, 4.69) is 17.5 Å². The van der Waals surface area contributed by atoms with Gasteiger partial charge in [-0.05, 0) is 49.5 Å². The summed E-state index contributed by atoms with van der Waals surface area (Å²) in [5, 5.41) is 2.15. The second-order valence-corrected chi connectivity index (χ2v) is 5.01. The summed E-state index contributed by atoms with van der Waals surface area (Å²) in [5.74, 6) is 0.864. The molecular formula is C11H17NS. The predicted molar refractivity (Wildman–Crippen MR) is 58.0 cm³/mol. The molecule has 1 aromatic heterocycles. The molecule has 1 atom stereocenters. The van der Waals surface area contributed by atoms with Crippen LogP contribution in [0.25, 0.3) is 0 Å². The standard InChI is InChI=1S/C11H17NS/c12-11(9-6-7-9)5-1-3-10-4-2-8-13-10/h2,4,8-9,11H,1,3,5-7,12H2. The van der Waals surface area contributed by atoms with Crippen LogP contribution in [0.2, 0.25) is 0 Å². The second kappa shape index (κ2) is 4.25. The molecule has 72 valence electrons. The molecule has 1 unspecified atom stereocenters. The first-order chi connectivity index (χ1) is 6.36. The van der Waals surface area contributed by atoms with Crippen molar-refractivity contribution in [2.24, 2.45) is 11.7 Å². The zero-order chi connectivity index (χ0) is 9.10. The smallest absolute Gasteiger partial charge is 0.00672 e. The minimum absolute atomic E-state index is 0.486. The number of rotatable bonds is 5. The molecule has 13 heavy (non-hydrogen) atoms. The van der Waals surface area contributed by atoms with Gasteiger partial charge in [0.05, 0.1) is 0 Å². The summed E-state index contributed by atoms with van der Waals surface area (Å²) >= 11 is 1.86. The van der Waals surface area contributed by atoms with Crippen molar-refractivity contribution in [3.8, 4) is 0 Å². The quantitative estimate of drug-likeness (QED) is 0.768. The van der Waals surface area contributed by atoms with E-state index in [9.17, 15) is 0 Å². The van der Waals surface area contributed by atoms with E-state index in [4.69, 9.17) is 5.73 Å². The van der Waals surface area contributed by atoms with Gasteiger partial charge in [0.2, 0.25) is 0 Å². The highest BCUT2D eigenvalue weighted by Crippen LogP contribution is 2.33. The summed E-state index contributed by atoms with van der Waals surface area (Å²) in [6.45, 7) is 0. The maximum Gasteiger partial charge on any atom is 0.00672 e. The summed E-state index contributed by atoms with van der Waals surface area (Å²) in [7, 11) is 0. The average molecular weight is 195 g/mol. The van der Waals surface area contributed by atoms with Crippen LogP contribution in [0.4, 0.5) is 0 Å². The molecule has 2 rings (SSSR count). The minimum Gasteiger partial charge on any atom is -0.327 e. The molecule has 1 nitrogen and oxygen atoms in total. The SMILES string of the molecule is NC(CCCc1cccs1)C1CC1. The molecule has 0 aromatic carbocycles. The molecule has 2 N–H and O–H groups in total. The van der Waals surface area contributed by atoms with Gasteiger partial charge >= 0.3 is 0 Å². The lowest BCUT2D eigenvalue weighted by Crippen LogP contribution is -2.22. The highest BCUT2D eigenvalue weighted by atomic mass is 32.1. The molecule has 1 aromatic rings. The van der Waals surface area contributed by atoms with Gasteiger partial charge in [0, 0.05) is 10.9 Å². The topological polar surface area (TPSA) is 26.0 Å². The summed E-state index contributed by atoms with van der Waals surface area (Å²) in [6.07, 6.45) is 6.44. The molecule has 1 aliphatic rings. The third-order valence-electron chi connectivity index (χ3n) is 2.77. The third kappa shape index (κ3) is 2.82. The largest absolute Gasteiger partial charge is 0.327 e. The number of thiophene rings is 1. The molecule has 1 saturated carbocycles. The Bertz CT molecular complexity index is 239. The van der Waals surface area contributed by atoms with Gasteiger partial charge in [0.1, 0.15) is 0 Å². The van der Waals surface area contributed by atoms with Crippen LogP contribution >= 0.6 is 11.3 Å². The molecule has 0 bridgehead atoms. The molecule has 1 fully saturated rings. The average Bonchev–Trinajstić information content (AvgIpc) is 2.86. The van der Waals surface area contributed by atoms with Crippen LogP contribution in [-0.4, -0.2) is 6.04 Å². The van der Waals surface area contributed by atoms with E-state index < -0.39 is 0 Å². The van der Waals surface area contributed by atoms with Crippen molar-refractivity contribution >= 4 is 11.3 Å². The number of aryl methyl sites for hydroxylation is 1. The number of hydrogen-bond acceptors (Lipinski definition) is 2. The molecule has 0 amide bonds. The zero-order valence-electron chi connectivity index (χ0n) is 7.91. The predicted octanol–water partition coefficient (Wildman–Crippen LogP) is 2.81. The Hall–Kier alpha value is -0.340. The first kappa shape index (κ1) is 9.22. The maximum atomic E-state index is 6.02. The van der Waals surface area contributed by atoms with Crippen molar-refractivity contribution in [2.75, 3.05) is 0 Å². The Morgan fingerprint density at radius 1 is 1.54 bits per heavy atom. The number of hydrogen-bond donors (Lipinski definition) is 1. The van der Waals surface area contributed by atoms with Crippen LogP contribution in [0.15, 0.2) is 17.5 Å². The van der Waals surface area contributed by atoms with Crippen molar-refractivity contribution in [1.82, 2.24) is 0 Å². The molecule has 1 aliphatic carbocycles. The zero-order valence-corrected chi connectivity index (χ0v) is 8.72. The Kier molecular flexibility index (Phi) is 3.01. The van der Waals surface area contributed by atoms with Crippen LogP contribution in [0.5, 0.6) is 0 Å². The van der Waals surface area contributed by atoms with Crippen LogP contribution in [-0.2, 0) is 6.42 Å². The summed E-state index contributed by atoms with van der Waals surface area (Å²) in [6, 6.07) is 4.83. The Labute approximate surface area is 84.0 Å². The molecule has 0 spiro atoms. The van der Waals surface area contributed by atoms with Crippen LogP contribution in [0.3, 0.4) is 0 Å². The van der Waals surface area contributed by atoms with E-state index >= 15 is 0 Å². The van der Waals surface area contributed by atoms with E-state index in [0.29, 0.717) is 6.04 Å². The Morgan fingerprint density at radius 3 is 3.00 bits per heavy atom. The van der Waals surface area contributed by atoms with E-state index in [-0.39, 0.29) is 0 Å². The Balaban J connectivity index is 1.63. The normalized spacial score (nSPS) is 18.8. The van der Waals surface area contributed by atoms with E-state index in [1.807, 2.05) is 11.3 Å². The van der Waals surface area contributed by atoms with Gasteiger partial charge < -0.3 is 5.73 Å². The highest BCUT2D eigenvalue weighted by molar-refractivity contribution is 7.09. The van der Waals surface area contributed by atoms with Crippen LogP contribution in [0.1, 0.15) is 30.6 Å². The summed E-state index contributed by atoms with van der Waals surface area (Å²) < 4.78 is 0. The first-order valence-electron chi connectivity index (χ1n) is 5.14. The maximum absolute atomic E-state index is 6.02. The lowest BCUT2D eigenvalue weighted by molar-refractivity contribution is 0.530. The fourth-order valence-corrected chi connectivity index (χ4v) is 2.48. The van der Waals surface area contributed by atoms with E-state index in [0.717, 1.165) is 5.92 Å². The van der Waals surface area contributed by atoms with Crippen molar-refractivity contribution in [3.63, 3.8) is 0 Å². The molecule has 1 heterocycles. The van der Waals surface area contributed by atoms with Gasteiger partial charge in [-0.25, -0.2) is 0 Å². The Morgan fingerprint density at radius 2 is 2.38 bits per heavy atom. The van der Waals surface area contributed by atoms with Gasteiger partial charge in [-0.3, -0.25) is 0 Å². The van der Waals surface area contributed by atoms with Crippen molar-refractivity contribution in [2.45, 2.75) is 38.1 Å². The van der Waals surface area contributed by atoms with Gasteiger partial charge in [0.25, 0.3) is 0 Å². The van der Waals surface area contributed by atoms with Crippen molar-refractivity contribution < 1.29 is 0 Å². The summed E-state index contributed by atoms with van der Waals surface area (Å²) in [5.41, 5.74) is 6.02.